The maximum atomic E-state index is 12.1. The quantitative estimate of drug-likeness (QED) is 0.779. The van der Waals surface area contributed by atoms with Gasteiger partial charge in [-0.3, -0.25) is 0 Å². The van der Waals surface area contributed by atoms with Crippen molar-refractivity contribution in [2.75, 3.05) is 0 Å². The fraction of sp³-hybridized carbons (Fsp3) is 0.200. The highest BCUT2D eigenvalue weighted by molar-refractivity contribution is 7.87. The highest BCUT2D eigenvalue weighted by Gasteiger charge is 2.49. The number of rotatable bonds is 2. The number of alkyl halides is 3. The largest absolute Gasteiger partial charge is 0.525 e. The predicted octanol–water partition coefficient (Wildman–Crippen LogP) is 2.25. The van der Waals surface area contributed by atoms with Crippen molar-refractivity contribution in [1.29, 1.82) is 0 Å². The highest BCUT2D eigenvalue weighted by atomic mass is 32.2. The molecule has 1 aromatic carbocycles. The zero-order valence-electron chi connectivity index (χ0n) is 8.89. The van der Waals surface area contributed by atoms with E-state index in [1.807, 2.05) is 0 Å². The van der Waals surface area contributed by atoms with Crippen LogP contribution in [-0.2, 0) is 20.9 Å². The van der Waals surface area contributed by atoms with Gasteiger partial charge < -0.3 is 0 Å². The molecule has 0 unspecified atom stereocenters. The Bertz CT molecular complexity index is 580. The molecule has 2 rings (SSSR count). The maximum absolute atomic E-state index is 12.1. The minimum atomic E-state index is -5.63. The molecular weight excluding hydrogens is 271 g/mol. The van der Waals surface area contributed by atoms with Crippen LogP contribution in [0.5, 0.6) is 0 Å². The second-order valence-electron chi connectivity index (χ2n) is 3.56. The summed E-state index contributed by atoms with van der Waals surface area (Å²) < 4.78 is 62.0. The third kappa shape index (κ3) is 2.49. The summed E-state index contributed by atoms with van der Waals surface area (Å²) in [6.45, 7) is -0.0675. The van der Waals surface area contributed by atoms with Gasteiger partial charge in [0.15, 0.2) is 0 Å². The lowest BCUT2D eigenvalue weighted by atomic mass is 10.1. The zero-order valence-corrected chi connectivity index (χ0v) is 9.70. The van der Waals surface area contributed by atoms with Gasteiger partial charge >= 0.3 is 15.6 Å². The Labute approximate surface area is 101 Å². The number of hydrogen-bond acceptors (Lipinski definition) is 4. The Kier molecular flexibility index (Phi) is 3.07. The van der Waals surface area contributed by atoms with E-state index in [2.05, 4.69) is 4.28 Å². The molecule has 98 valence electrons. The monoisotopic (exact) mass is 279 g/mol. The van der Waals surface area contributed by atoms with Gasteiger partial charge in [-0.15, -0.1) is 4.28 Å². The van der Waals surface area contributed by atoms with Crippen LogP contribution in [0.1, 0.15) is 11.1 Å². The van der Waals surface area contributed by atoms with E-state index < -0.39 is 15.6 Å². The SMILES string of the molecule is O=S(=O)(ON1C=Cc2ccccc2C1)C(F)(F)F. The molecule has 0 spiro atoms. The molecule has 0 aliphatic carbocycles. The van der Waals surface area contributed by atoms with E-state index >= 15 is 0 Å². The number of halogens is 3. The van der Waals surface area contributed by atoms with Crippen molar-refractivity contribution in [1.82, 2.24) is 5.06 Å². The van der Waals surface area contributed by atoms with Crippen molar-refractivity contribution in [2.24, 2.45) is 0 Å². The molecule has 4 nitrogen and oxygen atoms in total. The Hall–Kier alpha value is -1.54. The second-order valence-corrected chi connectivity index (χ2v) is 5.08. The van der Waals surface area contributed by atoms with Crippen LogP contribution in [-0.4, -0.2) is 19.0 Å². The van der Waals surface area contributed by atoms with E-state index in [9.17, 15) is 21.6 Å². The van der Waals surface area contributed by atoms with Gasteiger partial charge in [0.25, 0.3) is 0 Å². The first-order valence-corrected chi connectivity index (χ1v) is 6.24. The minimum absolute atomic E-state index is 0.0675. The van der Waals surface area contributed by atoms with Gasteiger partial charge in [-0.25, -0.2) is 5.06 Å². The molecule has 1 heterocycles. The molecule has 0 N–H and O–H groups in total. The summed E-state index contributed by atoms with van der Waals surface area (Å²) in [6.07, 6.45) is 2.62. The summed E-state index contributed by atoms with van der Waals surface area (Å²) in [6, 6.07) is 6.91. The van der Waals surface area contributed by atoms with Gasteiger partial charge in [-0.2, -0.15) is 21.6 Å². The van der Waals surface area contributed by atoms with Crippen LogP contribution in [0.4, 0.5) is 13.2 Å². The molecule has 0 bridgehead atoms. The molecule has 0 saturated heterocycles. The molecular formula is C10H8F3NO3S. The summed E-state index contributed by atoms with van der Waals surface area (Å²) >= 11 is 0. The van der Waals surface area contributed by atoms with Gasteiger partial charge in [0.1, 0.15) is 0 Å². The van der Waals surface area contributed by atoms with Crippen molar-refractivity contribution in [3.8, 4) is 0 Å². The summed E-state index contributed by atoms with van der Waals surface area (Å²) in [5.74, 6) is 0. The zero-order chi connectivity index (χ0) is 13.4. The third-order valence-electron chi connectivity index (χ3n) is 2.28. The average Bonchev–Trinajstić information content (AvgIpc) is 2.27. The summed E-state index contributed by atoms with van der Waals surface area (Å²) in [5, 5.41) is 0.630. The van der Waals surface area contributed by atoms with E-state index in [4.69, 9.17) is 0 Å². The van der Waals surface area contributed by atoms with Gasteiger partial charge in [0.05, 0.1) is 6.54 Å². The highest BCUT2D eigenvalue weighted by Crippen LogP contribution is 2.28. The molecule has 0 aromatic heterocycles. The number of hydrogen-bond donors (Lipinski definition) is 0. The molecule has 1 aliphatic heterocycles. The summed E-state index contributed by atoms with van der Waals surface area (Å²) in [4.78, 5) is 0. The van der Waals surface area contributed by atoms with Crippen LogP contribution < -0.4 is 0 Å². The van der Waals surface area contributed by atoms with Crippen molar-refractivity contribution in [3.63, 3.8) is 0 Å². The molecule has 0 saturated carbocycles. The van der Waals surface area contributed by atoms with E-state index in [0.29, 0.717) is 10.6 Å². The number of fused-ring (bicyclic) bond motifs is 1. The average molecular weight is 279 g/mol. The van der Waals surface area contributed by atoms with Crippen LogP contribution in [0.15, 0.2) is 30.5 Å². The van der Waals surface area contributed by atoms with Crippen LogP contribution in [0.2, 0.25) is 0 Å². The molecule has 1 aromatic rings. The standard InChI is InChI=1S/C10H8F3NO3S/c11-10(12,13)18(15,16)17-14-6-5-8-3-1-2-4-9(8)7-14/h1-6H,7H2. The lowest BCUT2D eigenvalue weighted by Gasteiger charge is -2.23. The van der Waals surface area contributed by atoms with Crippen LogP contribution in [0.25, 0.3) is 6.08 Å². The van der Waals surface area contributed by atoms with Crippen LogP contribution in [0.3, 0.4) is 0 Å². The molecule has 1 aliphatic rings. The topological polar surface area (TPSA) is 46.6 Å². The number of benzene rings is 1. The van der Waals surface area contributed by atoms with Crippen molar-refractivity contribution in [2.45, 2.75) is 12.1 Å². The van der Waals surface area contributed by atoms with Gasteiger partial charge in [-0.05, 0) is 17.2 Å². The first-order chi connectivity index (χ1) is 8.29. The van der Waals surface area contributed by atoms with Crippen LogP contribution in [0, 0.1) is 0 Å². The molecule has 0 fully saturated rings. The fourth-order valence-electron chi connectivity index (χ4n) is 1.44. The summed E-state index contributed by atoms with van der Waals surface area (Å²) in [5.41, 5.74) is -3.95. The van der Waals surface area contributed by atoms with E-state index in [0.717, 1.165) is 11.8 Å². The Balaban J connectivity index is 2.17. The number of nitrogens with zero attached hydrogens (tertiary/aromatic N) is 1. The fourth-order valence-corrected chi connectivity index (χ4v) is 1.88. The minimum Gasteiger partial charge on any atom is -0.239 e. The first kappa shape index (κ1) is 12.9. The van der Waals surface area contributed by atoms with Crippen LogP contribution >= 0.6 is 0 Å². The van der Waals surface area contributed by atoms with Crippen molar-refractivity contribution in [3.05, 3.63) is 41.6 Å². The van der Waals surface area contributed by atoms with E-state index in [-0.39, 0.29) is 6.54 Å². The molecule has 18 heavy (non-hydrogen) atoms. The lowest BCUT2D eigenvalue weighted by molar-refractivity contribution is -0.0852. The lowest BCUT2D eigenvalue weighted by Crippen LogP contribution is -2.32. The Morgan fingerprint density at radius 1 is 1.22 bits per heavy atom. The maximum Gasteiger partial charge on any atom is 0.525 e. The Morgan fingerprint density at radius 2 is 1.89 bits per heavy atom. The normalized spacial score (nSPS) is 15.6. The first-order valence-electron chi connectivity index (χ1n) is 4.83. The predicted molar refractivity (Wildman–Crippen MR) is 57.1 cm³/mol. The van der Waals surface area contributed by atoms with Crippen molar-refractivity contribution >= 4 is 16.2 Å². The molecule has 8 heteroatoms. The molecule has 0 atom stereocenters. The molecule has 0 radical (unpaired) electrons. The second kappa shape index (κ2) is 4.29. The van der Waals surface area contributed by atoms with Crippen molar-refractivity contribution < 1.29 is 25.9 Å². The van der Waals surface area contributed by atoms with E-state index in [1.165, 1.54) is 6.08 Å². The third-order valence-corrected chi connectivity index (χ3v) is 3.23. The van der Waals surface area contributed by atoms with E-state index in [1.54, 1.807) is 24.3 Å². The number of hydroxylamine groups is 2. The Morgan fingerprint density at radius 3 is 2.56 bits per heavy atom. The summed E-state index contributed by atoms with van der Waals surface area (Å²) in [7, 11) is -5.63. The molecule has 0 amide bonds. The van der Waals surface area contributed by atoms with Gasteiger partial charge in [0, 0.05) is 6.20 Å². The van der Waals surface area contributed by atoms with Gasteiger partial charge in [-0.1, -0.05) is 24.3 Å². The van der Waals surface area contributed by atoms with Gasteiger partial charge in [0.2, 0.25) is 0 Å². The smallest absolute Gasteiger partial charge is 0.239 e.